The first kappa shape index (κ1) is 20.7. The lowest BCUT2D eigenvalue weighted by Gasteiger charge is -2.22. The van der Waals surface area contributed by atoms with E-state index < -0.39 is 17.8 Å². The van der Waals surface area contributed by atoms with Crippen molar-refractivity contribution >= 4 is 29.1 Å². The van der Waals surface area contributed by atoms with Gasteiger partial charge in [-0.15, -0.1) is 0 Å². The van der Waals surface area contributed by atoms with Gasteiger partial charge in [0.25, 0.3) is 5.91 Å². The molecular weight excluding hydrogens is 414 g/mol. The molecule has 3 rings (SSSR count). The van der Waals surface area contributed by atoms with Crippen molar-refractivity contribution in [2.45, 2.75) is 6.04 Å². The Balaban J connectivity index is 2.02. The summed E-state index contributed by atoms with van der Waals surface area (Å²) >= 11 is 12.1. The summed E-state index contributed by atoms with van der Waals surface area (Å²) in [7, 11) is 1.51. The summed E-state index contributed by atoms with van der Waals surface area (Å²) < 4.78 is 19.4. The van der Waals surface area contributed by atoms with Crippen LogP contribution in [0.1, 0.15) is 33.1 Å². The number of methoxy groups -OCH3 is 1. The highest BCUT2D eigenvalue weighted by Crippen LogP contribution is 2.33. The number of benzene rings is 3. The van der Waals surface area contributed by atoms with Gasteiger partial charge in [-0.1, -0.05) is 41.4 Å². The number of halogens is 3. The largest absolute Gasteiger partial charge is 0.496 e. The van der Waals surface area contributed by atoms with Gasteiger partial charge in [-0.05, 0) is 48.0 Å². The zero-order valence-corrected chi connectivity index (χ0v) is 16.8. The highest BCUT2D eigenvalue weighted by molar-refractivity contribution is 6.31. The number of carbonyl (C=O) groups excluding carboxylic acids is 1. The quantitative estimate of drug-likeness (QED) is 0.580. The molecule has 0 bridgehead atoms. The van der Waals surface area contributed by atoms with Gasteiger partial charge in [-0.25, -0.2) is 4.39 Å². The fraction of sp³-hybridized carbons (Fsp3) is 0.0909. The predicted octanol–water partition coefficient (Wildman–Crippen LogP) is 5.53. The Kier molecular flexibility index (Phi) is 6.38. The van der Waals surface area contributed by atoms with Gasteiger partial charge in [0.2, 0.25) is 0 Å². The number of nitriles is 1. The molecule has 0 heterocycles. The van der Waals surface area contributed by atoms with Crippen molar-refractivity contribution in [1.82, 2.24) is 5.32 Å². The van der Waals surface area contributed by atoms with Crippen molar-refractivity contribution in [3.05, 3.63) is 98.8 Å². The molecule has 0 aliphatic rings. The Morgan fingerprint density at radius 1 is 1.07 bits per heavy atom. The van der Waals surface area contributed by atoms with E-state index in [0.717, 1.165) is 11.6 Å². The van der Waals surface area contributed by atoms with Crippen LogP contribution >= 0.6 is 23.2 Å². The molecule has 0 saturated heterocycles. The summed E-state index contributed by atoms with van der Waals surface area (Å²) in [4.78, 5) is 12.8. The molecule has 0 aliphatic heterocycles. The number of carbonyl (C=O) groups is 1. The Labute approximate surface area is 177 Å². The average Bonchev–Trinajstić information content (AvgIpc) is 2.72. The van der Waals surface area contributed by atoms with E-state index in [1.54, 1.807) is 48.5 Å². The van der Waals surface area contributed by atoms with Crippen molar-refractivity contribution < 1.29 is 13.9 Å². The van der Waals surface area contributed by atoms with Crippen LogP contribution in [0, 0.1) is 17.1 Å². The Bertz CT molecular complexity index is 1090. The normalized spacial score (nSPS) is 11.4. The van der Waals surface area contributed by atoms with Gasteiger partial charge < -0.3 is 10.1 Å². The molecule has 0 aliphatic carbocycles. The topological polar surface area (TPSA) is 62.1 Å². The molecule has 4 nitrogen and oxygen atoms in total. The lowest BCUT2D eigenvalue weighted by atomic mass is 9.97. The van der Waals surface area contributed by atoms with E-state index >= 15 is 0 Å². The molecule has 146 valence electrons. The van der Waals surface area contributed by atoms with Gasteiger partial charge in [0, 0.05) is 21.2 Å². The lowest BCUT2D eigenvalue weighted by molar-refractivity contribution is 0.0942. The molecule has 1 N–H and O–H groups in total. The van der Waals surface area contributed by atoms with E-state index in [9.17, 15) is 9.18 Å². The first-order valence-corrected chi connectivity index (χ1v) is 9.28. The lowest BCUT2D eigenvalue weighted by Crippen LogP contribution is -2.29. The second-order valence-electron chi connectivity index (χ2n) is 6.15. The highest BCUT2D eigenvalue weighted by Gasteiger charge is 2.22. The maximum atomic E-state index is 13.9. The summed E-state index contributed by atoms with van der Waals surface area (Å²) in [6.07, 6.45) is 0. The zero-order valence-electron chi connectivity index (χ0n) is 15.2. The molecule has 1 amide bonds. The smallest absolute Gasteiger partial charge is 0.252 e. The first-order valence-electron chi connectivity index (χ1n) is 8.52. The molecule has 7 heteroatoms. The van der Waals surface area contributed by atoms with Crippen molar-refractivity contribution in [3.8, 4) is 11.8 Å². The summed E-state index contributed by atoms with van der Waals surface area (Å²) in [6, 6.07) is 16.9. The Morgan fingerprint density at radius 2 is 1.76 bits per heavy atom. The molecule has 0 radical (unpaired) electrons. The van der Waals surface area contributed by atoms with Gasteiger partial charge in [-0.3, -0.25) is 4.79 Å². The predicted molar refractivity (Wildman–Crippen MR) is 110 cm³/mol. The molecule has 0 saturated carbocycles. The first-order chi connectivity index (χ1) is 13.9. The monoisotopic (exact) mass is 428 g/mol. The molecule has 3 aromatic rings. The van der Waals surface area contributed by atoms with Gasteiger partial charge in [0.1, 0.15) is 17.6 Å². The molecule has 0 spiro atoms. The number of rotatable bonds is 5. The van der Waals surface area contributed by atoms with Crippen molar-refractivity contribution in [1.29, 1.82) is 5.26 Å². The molecule has 1 atom stereocenters. The third-order valence-electron chi connectivity index (χ3n) is 4.34. The Morgan fingerprint density at radius 3 is 2.38 bits per heavy atom. The Hall–Kier alpha value is -3.07. The maximum absolute atomic E-state index is 13.9. The van der Waals surface area contributed by atoms with Crippen molar-refractivity contribution in [2.75, 3.05) is 7.11 Å². The summed E-state index contributed by atoms with van der Waals surface area (Å²) in [5.41, 5.74) is 1.38. The van der Waals surface area contributed by atoms with Gasteiger partial charge in [-0.2, -0.15) is 5.26 Å². The molecule has 0 unspecified atom stereocenters. The molecule has 3 aromatic carbocycles. The molecule has 0 aromatic heterocycles. The van der Waals surface area contributed by atoms with Crippen LogP contribution < -0.4 is 10.1 Å². The summed E-state index contributed by atoms with van der Waals surface area (Å²) in [5.74, 6) is -0.777. The standard InChI is InChI=1S/C22H15Cl2FN2O2/c1-29-20-11-17(24)8-9-18(20)21(13-4-6-16(23)7-5-13)27-22(28)14-2-3-15(12-26)19(25)10-14/h2-11,21H,1H3,(H,27,28)/t21-/m1/s1. The number of amides is 1. The minimum absolute atomic E-state index is 0.0911. The van der Waals surface area contributed by atoms with E-state index in [2.05, 4.69) is 5.32 Å². The van der Waals surface area contributed by atoms with Gasteiger partial charge >= 0.3 is 0 Å². The third-order valence-corrected chi connectivity index (χ3v) is 4.82. The number of nitrogens with one attached hydrogen (secondary N) is 1. The second-order valence-corrected chi connectivity index (χ2v) is 7.02. The number of hydrogen-bond acceptors (Lipinski definition) is 3. The molecule has 29 heavy (non-hydrogen) atoms. The average molecular weight is 429 g/mol. The number of ether oxygens (including phenoxy) is 1. The van der Waals surface area contributed by atoms with E-state index in [1.165, 1.54) is 19.2 Å². The fourth-order valence-electron chi connectivity index (χ4n) is 2.88. The molecule has 0 fully saturated rings. The third kappa shape index (κ3) is 4.68. The van der Waals surface area contributed by atoms with Gasteiger partial charge in [0.15, 0.2) is 0 Å². The minimum atomic E-state index is -0.757. The van der Waals surface area contributed by atoms with Crippen LogP contribution in [-0.2, 0) is 0 Å². The van der Waals surface area contributed by atoms with E-state index in [0.29, 0.717) is 21.4 Å². The second kappa shape index (κ2) is 8.95. The van der Waals surface area contributed by atoms with Crippen LogP contribution in [0.3, 0.4) is 0 Å². The fourth-order valence-corrected chi connectivity index (χ4v) is 3.17. The van der Waals surface area contributed by atoms with E-state index in [4.69, 9.17) is 33.2 Å². The highest BCUT2D eigenvalue weighted by atomic mass is 35.5. The van der Waals surface area contributed by atoms with Crippen LogP contribution in [0.5, 0.6) is 5.75 Å². The maximum Gasteiger partial charge on any atom is 0.252 e. The van der Waals surface area contributed by atoms with Crippen LogP contribution in [0.2, 0.25) is 10.0 Å². The van der Waals surface area contributed by atoms with E-state index in [1.807, 2.05) is 0 Å². The summed E-state index contributed by atoms with van der Waals surface area (Å²) in [5, 5.41) is 12.8. The minimum Gasteiger partial charge on any atom is -0.496 e. The van der Waals surface area contributed by atoms with Crippen LogP contribution in [0.25, 0.3) is 0 Å². The number of nitrogens with zero attached hydrogens (tertiary/aromatic N) is 1. The summed E-state index contributed by atoms with van der Waals surface area (Å²) in [6.45, 7) is 0. The van der Waals surface area contributed by atoms with Gasteiger partial charge in [0.05, 0.1) is 18.7 Å². The van der Waals surface area contributed by atoms with Crippen molar-refractivity contribution in [3.63, 3.8) is 0 Å². The van der Waals surface area contributed by atoms with Crippen LogP contribution in [-0.4, -0.2) is 13.0 Å². The zero-order chi connectivity index (χ0) is 21.0. The van der Waals surface area contributed by atoms with Crippen LogP contribution in [0.4, 0.5) is 4.39 Å². The number of hydrogen-bond donors (Lipinski definition) is 1. The SMILES string of the molecule is COc1cc(Cl)ccc1[C@H](NC(=O)c1ccc(C#N)c(F)c1)c1ccc(Cl)cc1. The van der Waals surface area contributed by atoms with Crippen LogP contribution in [0.15, 0.2) is 60.7 Å². The molecular formula is C22H15Cl2FN2O2. The van der Waals surface area contributed by atoms with E-state index in [-0.39, 0.29) is 11.1 Å². The van der Waals surface area contributed by atoms with Crippen molar-refractivity contribution in [2.24, 2.45) is 0 Å².